The van der Waals surface area contributed by atoms with E-state index in [4.69, 9.17) is 14.1 Å². The number of hydroxylamine groups is 3. The summed E-state index contributed by atoms with van der Waals surface area (Å²) in [5.41, 5.74) is 1.77. The lowest BCUT2D eigenvalue weighted by molar-refractivity contribution is -0.140. The highest BCUT2D eigenvalue weighted by Gasteiger charge is 2.49. The highest BCUT2D eigenvalue weighted by molar-refractivity contribution is 7.80. The van der Waals surface area contributed by atoms with Crippen molar-refractivity contribution in [2.45, 2.75) is 64.1 Å². The number of urea groups is 1. The van der Waals surface area contributed by atoms with Gasteiger partial charge in [-0.05, 0) is 46.5 Å². The highest BCUT2D eigenvalue weighted by Crippen LogP contribution is 2.30. The van der Waals surface area contributed by atoms with E-state index in [9.17, 15) is 22.8 Å². The number of piperidine rings is 2. The van der Waals surface area contributed by atoms with Crippen LogP contribution in [0.4, 0.5) is 9.59 Å². The molecule has 0 aliphatic carbocycles. The van der Waals surface area contributed by atoms with Gasteiger partial charge in [0.2, 0.25) is 0 Å². The Labute approximate surface area is 186 Å². The number of fused-ring (bicyclic) bond motifs is 2. The molecule has 3 aliphatic rings. The van der Waals surface area contributed by atoms with E-state index in [1.54, 1.807) is 25.7 Å². The zero-order valence-corrected chi connectivity index (χ0v) is 19.2. The molecule has 14 heteroatoms. The van der Waals surface area contributed by atoms with Gasteiger partial charge in [-0.1, -0.05) is 0 Å². The van der Waals surface area contributed by atoms with Gasteiger partial charge in [-0.25, -0.2) is 15.1 Å². The Kier molecular flexibility index (Phi) is 7.17. The van der Waals surface area contributed by atoms with E-state index >= 15 is 0 Å². The van der Waals surface area contributed by atoms with Crippen molar-refractivity contribution in [2.75, 3.05) is 26.2 Å². The van der Waals surface area contributed by atoms with Gasteiger partial charge in [0.25, 0.3) is 5.91 Å². The first-order valence-corrected chi connectivity index (χ1v) is 11.9. The molecule has 3 rings (SSSR count). The third-order valence-electron chi connectivity index (χ3n) is 5.46. The van der Waals surface area contributed by atoms with E-state index in [0.717, 1.165) is 12.8 Å². The Bertz CT molecular complexity index is 844. The van der Waals surface area contributed by atoms with Gasteiger partial charge in [-0.15, -0.1) is 4.28 Å². The monoisotopic (exact) mass is 478 g/mol. The molecule has 0 radical (unpaired) electrons. The lowest BCUT2D eigenvalue weighted by Gasteiger charge is -2.34. The van der Waals surface area contributed by atoms with Gasteiger partial charge in [0, 0.05) is 25.6 Å². The van der Waals surface area contributed by atoms with Gasteiger partial charge in [-0.2, -0.15) is 13.5 Å². The number of hydrogen-bond donors (Lipinski definition) is 2. The molecule has 0 aromatic carbocycles. The fourth-order valence-corrected chi connectivity index (χ4v) is 4.48. The van der Waals surface area contributed by atoms with E-state index in [-0.39, 0.29) is 31.6 Å². The number of amides is 4. The molecule has 3 aliphatic heterocycles. The molecule has 3 fully saturated rings. The molecule has 0 aromatic heterocycles. The van der Waals surface area contributed by atoms with Crippen LogP contribution in [-0.4, -0.2) is 89.8 Å². The summed E-state index contributed by atoms with van der Waals surface area (Å²) in [7, 11) is -4.85. The molecule has 4 amide bonds. The van der Waals surface area contributed by atoms with Crippen molar-refractivity contribution in [3.63, 3.8) is 0 Å². The number of carbonyl (C=O) groups excluding carboxylic acids is 3. The lowest BCUT2D eigenvalue weighted by atomic mass is 9.99. The zero-order valence-electron chi connectivity index (χ0n) is 18.4. The quantitative estimate of drug-likeness (QED) is 0.414. The fourth-order valence-electron chi connectivity index (χ4n) is 4.10. The van der Waals surface area contributed by atoms with Crippen LogP contribution >= 0.6 is 0 Å². The molecule has 32 heavy (non-hydrogen) atoms. The maximum absolute atomic E-state index is 12.6. The summed E-state index contributed by atoms with van der Waals surface area (Å²) in [6.07, 6.45) is 1.84. The molecule has 182 valence electrons. The lowest BCUT2D eigenvalue weighted by Crippen LogP contribution is -2.50. The van der Waals surface area contributed by atoms with Gasteiger partial charge < -0.3 is 14.5 Å². The van der Waals surface area contributed by atoms with E-state index in [1.165, 1.54) is 4.90 Å². The molecule has 13 nitrogen and oxygen atoms in total. The molecule has 0 unspecified atom stereocenters. The number of hydrogen-bond acceptors (Lipinski definition) is 8. The number of rotatable bonds is 6. The maximum atomic E-state index is 12.6. The number of carbonyl (C=O) groups is 3. The van der Waals surface area contributed by atoms with Crippen molar-refractivity contribution in [1.82, 2.24) is 20.3 Å². The predicted octanol–water partition coefficient (Wildman–Crippen LogP) is 0.684. The molecule has 0 aromatic rings. The molecular formula is C18H30N4O9S. The van der Waals surface area contributed by atoms with Crippen LogP contribution in [0, 0.1) is 5.92 Å². The Morgan fingerprint density at radius 3 is 2.56 bits per heavy atom. The van der Waals surface area contributed by atoms with Crippen LogP contribution in [0.15, 0.2) is 0 Å². The molecule has 3 atom stereocenters. The van der Waals surface area contributed by atoms with Crippen LogP contribution in [0.5, 0.6) is 0 Å². The second kappa shape index (κ2) is 9.37. The van der Waals surface area contributed by atoms with Crippen molar-refractivity contribution in [1.29, 1.82) is 0 Å². The van der Waals surface area contributed by atoms with E-state index < -0.39 is 40.0 Å². The first-order chi connectivity index (χ1) is 14.8. The third kappa shape index (κ3) is 6.21. The van der Waals surface area contributed by atoms with Gasteiger partial charge >= 0.3 is 22.5 Å². The maximum Gasteiger partial charge on any atom is 0.418 e. The molecule has 2 N–H and O–H groups in total. The van der Waals surface area contributed by atoms with Crippen molar-refractivity contribution < 1.29 is 41.2 Å². The van der Waals surface area contributed by atoms with Crippen LogP contribution in [0.2, 0.25) is 0 Å². The van der Waals surface area contributed by atoms with E-state index in [1.807, 2.05) is 0 Å². The standard InChI is InChI=1S/C18H30N4O9S/c1-18(2,3)30-17(25)20-8-4-5-12(9-20)11-29-19-15(23)14-7-6-13-10-21(14)16(24)22(13)31-32(26,27)28/h12-14H,4-11H2,1-3H3,(H,19,23)(H,26,27,28)/t12-,13-,14+/m1/s1. The van der Waals surface area contributed by atoms with E-state index in [2.05, 4.69) is 9.76 Å². The highest BCUT2D eigenvalue weighted by atomic mass is 32.3. The summed E-state index contributed by atoms with van der Waals surface area (Å²) in [5.74, 6) is -0.523. The largest absolute Gasteiger partial charge is 0.444 e. The Morgan fingerprint density at radius 2 is 1.91 bits per heavy atom. The third-order valence-corrected chi connectivity index (χ3v) is 5.81. The molecule has 0 spiro atoms. The average molecular weight is 479 g/mol. The minimum Gasteiger partial charge on any atom is -0.444 e. The first-order valence-electron chi connectivity index (χ1n) is 10.5. The molecule has 3 heterocycles. The zero-order chi connectivity index (χ0) is 23.7. The summed E-state index contributed by atoms with van der Waals surface area (Å²) < 4.78 is 40.5. The topological polar surface area (TPSA) is 155 Å². The molecular weight excluding hydrogens is 448 g/mol. The van der Waals surface area contributed by atoms with E-state index in [0.29, 0.717) is 24.6 Å². The molecule has 0 saturated carbocycles. The number of nitrogens with one attached hydrogen (secondary N) is 1. The van der Waals surface area contributed by atoms with Gasteiger partial charge in [0.1, 0.15) is 11.6 Å². The van der Waals surface area contributed by atoms with Crippen molar-refractivity contribution in [3.05, 3.63) is 0 Å². The number of nitrogens with zero attached hydrogens (tertiary/aromatic N) is 3. The second-order valence-electron chi connectivity index (χ2n) is 9.22. The van der Waals surface area contributed by atoms with Crippen LogP contribution in [0.1, 0.15) is 46.5 Å². The average Bonchev–Trinajstić information content (AvgIpc) is 2.90. The summed E-state index contributed by atoms with van der Waals surface area (Å²) in [5, 5.41) is 0.580. The van der Waals surface area contributed by atoms with Crippen molar-refractivity contribution in [3.8, 4) is 0 Å². The minimum absolute atomic E-state index is 0.0133. The molecule has 3 saturated heterocycles. The molecule has 2 bridgehead atoms. The summed E-state index contributed by atoms with van der Waals surface area (Å²) in [4.78, 5) is 45.4. The number of likely N-dealkylation sites (tertiary alicyclic amines) is 1. The van der Waals surface area contributed by atoms with Crippen LogP contribution < -0.4 is 5.48 Å². The Balaban J connectivity index is 1.46. The Hall–Kier alpha value is -2.16. The smallest absolute Gasteiger partial charge is 0.418 e. The van der Waals surface area contributed by atoms with Gasteiger partial charge in [-0.3, -0.25) is 14.2 Å². The Morgan fingerprint density at radius 1 is 1.19 bits per heavy atom. The van der Waals surface area contributed by atoms with Gasteiger partial charge in [0.15, 0.2) is 0 Å². The van der Waals surface area contributed by atoms with Crippen LogP contribution in [0.3, 0.4) is 0 Å². The normalized spacial score (nSPS) is 26.3. The summed E-state index contributed by atoms with van der Waals surface area (Å²) >= 11 is 0. The number of ether oxygens (including phenoxy) is 1. The fraction of sp³-hybridized carbons (Fsp3) is 0.833. The summed E-state index contributed by atoms with van der Waals surface area (Å²) in [6, 6.07) is -2.24. The van der Waals surface area contributed by atoms with Crippen molar-refractivity contribution >= 4 is 28.4 Å². The minimum atomic E-state index is -4.85. The SMILES string of the molecule is CC(C)(C)OC(=O)N1CCC[C@@H](CONC(=O)[C@@H]2CC[C@@H]3CN2C(=O)N3OS(=O)(=O)O)C1. The van der Waals surface area contributed by atoms with Crippen LogP contribution in [0.25, 0.3) is 0 Å². The van der Waals surface area contributed by atoms with Crippen molar-refractivity contribution in [2.24, 2.45) is 5.92 Å². The second-order valence-corrected chi connectivity index (χ2v) is 10.2. The van der Waals surface area contributed by atoms with Gasteiger partial charge in [0.05, 0.1) is 12.6 Å². The first kappa shape index (κ1) is 24.5. The van der Waals surface area contributed by atoms with Crippen LogP contribution in [-0.2, 0) is 29.1 Å². The predicted molar refractivity (Wildman–Crippen MR) is 108 cm³/mol. The summed E-state index contributed by atoms with van der Waals surface area (Å²) in [6.45, 7) is 6.74.